The fourth-order valence-electron chi connectivity index (χ4n) is 4.93. The lowest BCUT2D eigenvalue weighted by molar-refractivity contribution is 0.0710. The first-order valence-electron chi connectivity index (χ1n) is 11.8. The molecule has 0 unspecified atom stereocenters. The molecule has 2 aromatic rings. The Kier molecular flexibility index (Phi) is 7.46. The Bertz CT molecular complexity index is 946. The van der Waals surface area contributed by atoms with Crippen molar-refractivity contribution in [2.45, 2.75) is 57.8 Å². The van der Waals surface area contributed by atoms with Crippen LogP contribution >= 0.6 is 11.6 Å². The van der Waals surface area contributed by atoms with Crippen LogP contribution in [-0.2, 0) is 0 Å². The van der Waals surface area contributed by atoms with E-state index in [1.54, 1.807) is 24.3 Å². The van der Waals surface area contributed by atoms with Gasteiger partial charge < -0.3 is 10.2 Å². The molecule has 1 aromatic heterocycles. The van der Waals surface area contributed by atoms with Gasteiger partial charge in [-0.25, -0.2) is 0 Å². The number of piperidine rings is 1. The van der Waals surface area contributed by atoms with Gasteiger partial charge >= 0.3 is 0 Å². The van der Waals surface area contributed by atoms with Crippen molar-refractivity contribution >= 4 is 23.4 Å². The highest BCUT2D eigenvalue weighted by atomic mass is 35.5. The summed E-state index contributed by atoms with van der Waals surface area (Å²) in [6.07, 6.45) is 7.88. The minimum absolute atomic E-state index is 0.0160. The monoisotopic (exact) mass is 453 g/mol. The molecule has 1 saturated heterocycles. The molecule has 1 aliphatic heterocycles. The lowest BCUT2D eigenvalue weighted by atomic mass is 9.88. The van der Waals surface area contributed by atoms with Gasteiger partial charge in [-0.15, -0.1) is 0 Å². The van der Waals surface area contributed by atoms with Gasteiger partial charge in [0.25, 0.3) is 11.8 Å². The van der Waals surface area contributed by atoms with Crippen LogP contribution in [0.15, 0.2) is 36.4 Å². The van der Waals surface area contributed by atoms with E-state index >= 15 is 0 Å². The van der Waals surface area contributed by atoms with Crippen LogP contribution in [0, 0.1) is 12.8 Å². The van der Waals surface area contributed by atoms with E-state index < -0.39 is 0 Å². The van der Waals surface area contributed by atoms with Gasteiger partial charge in [0.2, 0.25) is 0 Å². The molecule has 2 amide bonds. The lowest BCUT2D eigenvalue weighted by Crippen LogP contribution is -2.38. The van der Waals surface area contributed by atoms with E-state index in [2.05, 4.69) is 5.32 Å². The van der Waals surface area contributed by atoms with Gasteiger partial charge in [0.15, 0.2) is 0 Å². The number of pyridine rings is 1. The Morgan fingerprint density at radius 3 is 2.38 bits per heavy atom. The Hall–Kier alpha value is -2.40. The number of carbonyl (C=O) groups is 2. The Morgan fingerprint density at radius 2 is 1.69 bits per heavy atom. The Morgan fingerprint density at radius 1 is 1.00 bits per heavy atom. The van der Waals surface area contributed by atoms with Gasteiger partial charge in [-0.05, 0) is 74.9 Å². The van der Waals surface area contributed by atoms with Crippen molar-refractivity contribution in [1.29, 1.82) is 0 Å². The summed E-state index contributed by atoms with van der Waals surface area (Å²) in [4.78, 5) is 32.5. The number of carbonyl (C=O) groups excluding carboxylic acids is 2. The van der Waals surface area contributed by atoms with E-state index in [0.29, 0.717) is 35.2 Å². The molecule has 1 aromatic carbocycles. The van der Waals surface area contributed by atoms with E-state index in [0.717, 1.165) is 30.8 Å². The summed E-state index contributed by atoms with van der Waals surface area (Å²) in [6, 6.07) is 10.9. The van der Waals surface area contributed by atoms with Gasteiger partial charge in [-0.1, -0.05) is 30.9 Å². The van der Waals surface area contributed by atoms with Crippen LogP contribution in [0.25, 0.3) is 0 Å². The van der Waals surface area contributed by atoms with Crippen molar-refractivity contribution in [1.82, 2.24) is 15.2 Å². The highest BCUT2D eigenvalue weighted by Crippen LogP contribution is 2.30. The number of amides is 2. The molecule has 4 rings (SSSR count). The minimum atomic E-state index is -0.0160. The van der Waals surface area contributed by atoms with E-state index in [4.69, 9.17) is 16.6 Å². The van der Waals surface area contributed by atoms with Gasteiger partial charge in [0.1, 0.15) is 0 Å². The number of benzene rings is 1. The topological polar surface area (TPSA) is 62.3 Å². The van der Waals surface area contributed by atoms with Crippen molar-refractivity contribution in [2.75, 3.05) is 19.6 Å². The molecule has 1 N–H and O–H groups in total. The fourth-order valence-corrected chi connectivity index (χ4v) is 5.06. The van der Waals surface area contributed by atoms with Crippen molar-refractivity contribution in [3.05, 3.63) is 63.9 Å². The summed E-state index contributed by atoms with van der Waals surface area (Å²) in [5.41, 5.74) is 3.14. The Balaban J connectivity index is 1.40. The Labute approximate surface area is 195 Å². The number of rotatable bonds is 5. The third kappa shape index (κ3) is 5.50. The van der Waals surface area contributed by atoms with Crippen LogP contribution in [-0.4, -0.2) is 41.3 Å². The van der Waals surface area contributed by atoms with Crippen LogP contribution in [0.3, 0.4) is 0 Å². The number of halogens is 1. The molecule has 32 heavy (non-hydrogen) atoms. The molecule has 0 radical (unpaired) electrons. The zero-order chi connectivity index (χ0) is 22.5. The summed E-state index contributed by atoms with van der Waals surface area (Å²) >= 11 is 5.94. The average molecular weight is 454 g/mol. The normalized spacial score (nSPS) is 17.9. The van der Waals surface area contributed by atoms with E-state index in [1.165, 1.54) is 32.1 Å². The second-order valence-electron chi connectivity index (χ2n) is 9.17. The third-order valence-corrected chi connectivity index (χ3v) is 7.10. The molecule has 2 aliphatic rings. The summed E-state index contributed by atoms with van der Waals surface area (Å²) in [7, 11) is 0. The van der Waals surface area contributed by atoms with Crippen LogP contribution in [0.2, 0.25) is 5.02 Å². The summed E-state index contributed by atoms with van der Waals surface area (Å²) in [5.74, 6) is 0.789. The maximum absolute atomic E-state index is 13.0. The summed E-state index contributed by atoms with van der Waals surface area (Å²) in [6.45, 7) is 4.03. The molecular formula is C26H32ClN3O2. The number of aromatic nitrogens is 1. The molecule has 5 nitrogen and oxygen atoms in total. The van der Waals surface area contributed by atoms with Crippen molar-refractivity contribution < 1.29 is 9.59 Å². The van der Waals surface area contributed by atoms with Crippen molar-refractivity contribution in [3.8, 4) is 0 Å². The van der Waals surface area contributed by atoms with Gasteiger partial charge in [0.05, 0.1) is 11.3 Å². The summed E-state index contributed by atoms with van der Waals surface area (Å²) in [5, 5.41) is 3.79. The smallest absolute Gasteiger partial charge is 0.253 e. The number of hydrogen-bond acceptors (Lipinski definition) is 3. The van der Waals surface area contributed by atoms with Crippen LogP contribution in [0.4, 0.5) is 0 Å². The first-order valence-corrected chi connectivity index (χ1v) is 12.2. The molecule has 2 fully saturated rings. The number of likely N-dealkylation sites (tertiary alicyclic amines) is 1. The average Bonchev–Trinajstić information content (AvgIpc) is 2.83. The van der Waals surface area contributed by atoms with E-state index in [-0.39, 0.29) is 17.7 Å². The van der Waals surface area contributed by atoms with E-state index in [9.17, 15) is 9.59 Å². The van der Waals surface area contributed by atoms with Crippen LogP contribution in [0.5, 0.6) is 0 Å². The van der Waals surface area contributed by atoms with Gasteiger partial charge in [-0.2, -0.15) is 0 Å². The van der Waals surface area contributed by atoms with Crippen LogP contribution < -0.4 is 5.32 Å². The molecule has 2 heterocycles. The second kappa shape index (κ2) is 10.5. The molecule has 170 valence electrons. The van der Waals surface area contributed by atoms with Crippen molar-refractivity contribution in [2.24, 2.45) is 5.92 Å². The number of nitrogens with zero attached hydrogens (tertiary/aromatic N) is 2. The maximum atomic E-state index is 13.0. The van der Waals surface area contributed by atoms with Gasteiger partial charge in [0, 0.05) is 41.8 Å². The first-order chi connectivity index (χ1) is 15.5. The second-order valence-corrected chi connectivity index (χ2v) is 9.61. The lowest BCUT2D eigenvalue weighted by Gasteiger charge is -2.32. The molecule has 0 bridgehead atoms. The SMILES string of the molecule is Cc1ccc(C(=O)NCC2CCCCC2)c(C2CCN(C(=O)c3ccc(Cl)cc3)CC2)n1. The van der Waals surface area contributed by atoms with E-state index in [1.807, 2.05) is 24.0 Å². The molecule has 1 saturated carbocycles. The number of aryl methyl sites for hydroxylation is 1. The largest absolute Gasteiger partial charge is 0.352 e. The highest BCUT2D eigenvalue weighted by Gasteiger charge is 2.28. The third-order valence-electron chi connectivity index (χ3n) is 6.84. The molecule has 6 heteroatoms. The van der Waals surface area contributed by atoms with Gasteiger partial charge in [-0.3, -0.25) is 14.6 Å². The standard InChI is InChI=1S/C26H32ClN3O2/c1-18-7-12-23(25(31)28-17-19-5-3-2-4-6-19)24(29-18)20-13-15-30(16-14-20)26(32)21-8-10-22(27)11-9-21/h7-12,19-20H,2-6,13-17H2,1H3,(H,28,31). The van der Waals surface area contributed by atoms with Crippen LogP contribution in [0.1, 0.15) is 83.0 Å². The highest BCUT2D eigenvalue weighted by molar-refractivity contribution is 6.30. The molecule has 1 aliphatic carbocycles. The zero-order valence-corrected chi connectivity index (χ0v) is 19.5. The first kappa shape index (κ1) is 22.8. The molecule has 0 atom stereocenters. The zero-order valence-electron chi connectivity index (χ0n) is 18.8. The number of hydrogen-bond donors (Lipinski definition) is 1. The molecule has 0 spiro atoms. The summed E-state index contributed by atoms with van der Waals surface area (Å²) < 4.78 is 0. The molecular weight excluding hydrogens is 422 g/mol. The van der Waals surface area contributed by atoms with Crippen molar-refractivity contribution in [3.63, 3.8) is 0 Å². The fraction of sp³-hybridized carbons (Fsp3) is 0.500. The maximum Gasteiger partial charge on any atom is 0.253 e. The minimum Gasteiger partial charge on any atom is -0.352 e. The predicted molar refractivity (Wildman–Crippen MR) is 127 cm³/mol. The predicted octanol–water partition coefficient (Wildman–Crippen LogP) is 5.37. The number of nitrogens with one attached hydrogen (secondary N) is 1. The quantitative estimate of drug-likeness (QED) is 0.661.